The fourth-order valence-electron chi connectivity index (χ4n) is 0.713. The Labute approximate surface area is 67.3 Å². The molecule has 0 aliphatic carbocycles. The Morgan fingerprint density at radius 3 is 3.27 bits per heavy atom. The van der Waals surface area contributed by atoms with Gasteiger partial charge in [0.05, 0.1) is 5.29 Å². The maximum absolute atomic E-state index is 9.78. The highest BCUT2D eigenvalue weighted by atomic mass is 32.1. The van der Waals surface area contributed by atoms with Crippen LogP contribution >= 0.6 is 11.3 Å². The maximum atomic E-state index is 9.78. The molecule has 0 amide bonds. The van der Waals surface area contributed by atoms with Crippen LogP contribution in [-0.4, -0.2) is 9.78 Å². The summed E-state index contributed by atoms with van der Waals surface area (Å²) in [4.78, 5) is 10.3. The van der Waals surface area contributed by atoms with E-state index in [1.807, 2.05) is 6.92 Å². The summed E-state index contributed by atoms with van der Waals surface area (Å²) in [5.41, 5.74) is 1.64. The van der Waals surface area contributed by atoms with E-state index in [2.05, 4.69) is 15.5 Å². The van der Waals surface area contributed by atoms with Gasteiger partial charge in [-0.2, -0.15) is 5.10 Å². The Morgan fingerprint density at radius 2 is 2.64 bits per heavy atom. The number of aryl methyl sites for hydroxylation is 1. The van der Waals surface area contributed by atoms with Gasteiger partial charge in [-0.3, -0.25) is 0 Å². The average Bonchev–Trinajstić information content (AvgIpc) is 2.39. The van der Waals surface area contributed by atoms with Crippen molar-refractivity contribution in [1.29, 1.82) is 0 Å². The topological polar surface area (TPSA) is 59.6 Å². The third-order valence-corrected chi connectivity index (χ3v) is 1.83. The van der Waals surface area contributed by atoms with Gasteiger partial charge in [-0.15, -0.1) is 4.91 Å². The van der Waals surface area contributed by atoms with Gasteiger partial charge in [-0.25, -0.2) is 4.68 Å². The summed E-state index contributed by atoms with van der Waals surface area (Å²) in [6.45, 7) is 2.81. The molecule has 0 unspecified atom stereocenters. The minimum absolute atomic E-state index is 0.557. The maximum Gasteiger partial charge on any atom is 0.231 e. The van der Waals surface area contributed by atoms with Crippen LogP contribution in [0.1, 0.15) is 13.3 Å². The fourth-order valence-corrected chi connectivity index (χ4v) is 1.31. The lowest BCUT2D eigenvalue weighted by Gasteiger charge is -1.93. The Balaban J connectivity index is 2.95. The van der Waals surface area contributed by atoms with Crippen molar-refractivity contribution in [3.63, 3.8) is 0 Å². The summed E-state index contributed by atoms with van der Waals surface area (Å²) >= 11 is 1.31. The van der Waals surface area contributed by atoms with Crippen molar-refractivity contribution in [2.75, 3.05) is 0 Å². The number of hydrogen-bond acceptors (Lipinski definition) is 4. The van der Waals surface area contributed by atoms with Crippen LogP contribution in [0, 0.1) is 4.91 Å². The summed E-state index contributed by atoms with van der Waals surface area (Å²) in [7, 11) is 0. The zero-order valence-electron chi connectivity index (χ0n) is 6.10. The summed E-state index contributed by atoms with van der Waals surface area (Å²) in [6, 6.07) is 0. The molecular formula is C5H8N4OS. The first-order valence-electron chi connectivity index (χ1n) is 3.25. The highest BCUT2D eigenvalue weighted by Gasteiger charge is 1.93. The number of nitroso groups, excluding NO2 is 1. The molecule has 1 aromatic rings. The zero-order chi connectivity index (χ0) is 8.10. The van der Waals surface area contributed by atoms with Crippen LogP contribution in [0.5, 0.6) is 0 Å². The van der Waals surface area contributed by atoms with Gasteiger partial charge in [0.2, 0.25) is 4.80 Å². The first kappa shape index (κ1) is 8.06. The Kier molecular flexibility index (Phi) is 2.91. The van der Waals surface area contributed by atoms with Crippen LogP contribution < -0.4 is 4.80 Å². The third kappa shape index (κ3) is 1.94. The number of rotatable bonds is 3. The lowest BCUT2D eigenvalue weighted by Crippen LogP contribution is -2.15. The van der Waals surface area contributed by atoms with Gasteiger partial charge >= 0.3 is 0 Å². The van der Waals surface area contributed by atoms with Crippen LogP contribution in [0.2, 0.25) is 0 Å². The molecule has 0 N–H and O–H groups in total. The average molecular weight is 172 g/mol. The molecule has 60 valence electrons. The Hall–Kier alpha value is -1.04. The largest absolute Gasteiger partial charge is 0.237 e. The van der Waals surface area contributed by atoms with Gasteiger partial charge in [0.1, 0.15) is 5.51 Å². The molecule has 0 radical (unpaired) electrons. The van der Waals surface area contributed by atoms with Crippen molar-refractivity contribution < 1.29 is 0 Å². The van der Waals surface area contributed by atoms with Crippen molar-refractivity contribution in [3.05, 3.63) is 15.2 Å². The number of hydrogen-bond donors (Lipinski definition) is 0. The van der Waals surface area contributed by atoms with E-state index in [4.69, 9.17) is 0 Å². The molecule has 1 heterocycles. The van der Waals surface area contributed by atoms with Crippen LogP contribution in [0.25, 0.3) is 0 Å². The molecule has 0 bridgehead atoms. The molecule has 0 fully saturated rings. The van der Waals surface area contributed by atoms with Crippen LogP contribution in [-0.2, 0) is 6.54 Å². The Bertz CT molecular complexity index is 289. The van der Waals surface area contributed by atoms with E-state index in [1.54, 1.807) is 10.2 Å². The summed E-state index contributed by atoms with van der Waals surface area (Å²) in [6.07, 6.45) is 0.968. The molecule has 0 aliphatic rings. The predicted molar refractivity (Wildman–Crippen MR) is 41.8 cm³/mol. The van der Waals surface area contributed by atoms with E-state index in [9.17, 15) is 4.91 Å². The minimum Gasteiger partial charge on any atom is -0.237 e. The highest BCUT2D eigenvalue weighted by molar-refractivity contribution is 7.06. The van der Waals surface area contributed by atoms with E-state index in [0.29, 0.717) is 4.80 Å². The molecule has 1 aromatic heterocycles. The molecular weight excluding hydrogens is 164 g/mol. The number of nitrogens with zero attached hydrogens (tertiary/aromatic N) is 4. The van der Waals surface area contributed by atoms with E-state index in [-0.39, 0.29) is 0 Å². The van der Waals surface area contributed by atoms with Gasteiger partial charge in [-0.1, -0.05) is 23.4 Å². The fraction of sp³-hybridized carbons (Fsp3) is 0.600. The van der Waals surface area contributed by atoms with Crippen molar-refractivity contribution in [2.45, 2.75) is 19.9 Å². The normalized spacial score (nSPS) is 11.9. The standard InChI is InChI=1S/C5H8N4OS/c1-2-3-9-5(7-8-10)11-4-6-9/h4H,2-3H2,1H3/b7-5+. The van der Waals surface area contributed by atoms with Crippen LogP contribution in [0.4, 0.5) is 0 Å². The molecule has 0 aliphatic heterocycles. The highest BCUT2D eigenvalue weighted by Crippen LogP contribution is 1.87. The molecule has 0 saturated carbocycles. The lowest BCUT2D eigenvalue weighted by atomic mass is 10.5. The summed E-state index contributed by atoms with van der Waals surface area (Å²) < 4.78 is 1.66. The second-order valence-corrected chi connectivity index (χ2v) is 2.74. The summed E-state index contributed by atoms with van der Waals surface area (Å²) in [5.74, 6) is 0. The third-order valence-electron chi connectivity index (χ3n) is 1.13. The molecule has 6 heteroatoms. The van der Waals surface area contributed by atoms with Crippen molar-refractivity contribution in [3.8, 4) is 0 Å². The quantitative estimate of drug-likeness (QED) is 0.503. The van der Waals surface area contributed by atoms with Gasteiger partial charge < -0.3 is 0 Å². The molecule has 5 nitrogen and oxygen atoms in total. The minimum atomic E-state index is 0.557. The lowest BCUT2D eigenvalue weighted by molar-refractivity contribution is 0.577. The first-order valence-corrected chi connectivity index (χ1v) is 4.13. The van der Waals surface area contributed by atoms with Crippen LogP contribution in [0.3, 0.4) is 0 Å². The summed E-state index contributed by atoms with van der Waals surface area (Å²) in [5, 5.41) is 9.79. The first-order chi connectivity index (χ1) is 5.38. The van der Waals surface area contributed by atoms with Gasteiger partial charge in [0.25, 0.3) is 0 Å². The molecule has 0 saturated heterocycles. The monoisotopic (exact) mass is 172 g/mol. The van der Waals surface area contributed by atoms with Gasteiger partial charge in [-0.05, 0) is 6.42 Å². The van der Waals surface area contributed by atoms with Gasteiger partial charge in [0.15, 0.2) is 0 Å². The van der Waals surface area contributed by atoms with Crippen LogP contribution in [0.15, 0.2) is 15.9 Å². The van der Waals surface area contributed by atoms with Crippen molar-refractivity contribution in [2.24, 2.45) is 10.4 Å². The molecule has 0 atom stereocenters. The van der Waals surface area contributed by atoms with E-state index in [1.165, 1.54) is 11.3 Å². The van der Waals surface area contributed by atoms with Gasteiger partial charge in [0, 0.05) is 6.54 Å². The van der Waals surface area contributed by atoms with E-state index in [0.717, 1.165) is 13.0 Å². The Morgan fingerprint density at radius 1 is 1.82 bits per heavy atom. The SMILES string of the molecule is CCCn1ncs/c1=N/N=O. The molecule has 0 aromatic carbocycles. The van der Waals surface area contributed by atoms with E-state index < -0.39 is 0 Å². The molecule has 0 spiro atoms. The van der Waals surface area contributed by atoms with Crippen molar-refractivity contribution >= 4 is 11.3 Å². The van der Waals surface area contributed by atoms with E-state index >= 15 is 0 Å². The second kappa shape index (κ2) is 3.97. The second-order valence-electron chi connectivity index (χ2n) is 1.93. The smallest absolute Gasteiger partial charge is 0.231 e. The molecule has 11 heavy (non-hydrogen) atoms. The zero-order valence-corrected chi connectivity index (χ0v) is 6.91. The van der Waals surface area contributed by atoms with Crippen molar-refractivity contribution in [1.82, 2.24) is 9.78 Å². The predicted octanol–water partition coefficient (Wildman–Crippen LogP) is 0.937. The molecule has 1 rings (SSSR count). The number of aromatic nitrogens is 2.